The highest BCUT2D eigenvalue weighted by Gasteiger charge is 2.31. The molecule has 5 rings (SSSR count). The van der Waals surface area contributed by atoms with Gasteiger partial charge in [-0.2, -0.15) is 0 Å². The third-order valence-corrected chi connectivity index (χ3v) is 6.50. The summed E-state index contributed by atoms with van der Waals surface area (Å²) in [6.07, 6.45) is 1.46. The van der Waals surface area contributed by atoms with E-state index >= 15 is 0 Å². The molecular formula is C25H31N7O2. The van der Waals surface area contributed by atoms with Gasteiger partial charge in [0.05, 0.1) is 12.2 Å². The van der Waals surface area contributed by atoms with Gasteiger partial charge < -0.3 is 20.2 Å². The van der Waals surface area contributed by atoms with Crippen molar-refractivity contribution in [2.24, 2.45) is 0 Å². The van der Waals surface area contributed by atoms with Crippen molar-refractivity contribution in [2.45, 2.75) is 39.3 Å². The molecule has 1 aromatic carbocycles. The maximum atomic E-state index is 12.2. The number of nitrogens with zero attached hydrogens (tertiary/aromatic N) is 6. The standard InChI is InChI=1S/C25H31N7O2/c1-25(2,3)32(24(33)34)21-14-17-6-4-5-7-18(17)23(29-21)31-11-8-19-20(15-31)27-16-28-22(19)30-12-9-26-10-13-30/h4-7,14,16,26H,8-13,15H2,1-3H3,(H,33,34). The molecule has 1 amide bonds. The van der Waals surface area contributed by atoms with E-state index in [1.165, 1.54) is 10.5 Å². The van der Waals surface area contributed by atoms with Crippen molar-refractivity contribution in [2.75, 3.05) is 47.4 Å². The molecule has 0 radical (unpaired) electrons. The first-order valence-corrected chi connectivity index (χ1v) is 11.8. The Hall–Kier alpha value is -3.46. The molecule has 0 spiro atoms. The SMILES string of the molecule is CC(C)(C)N(C(=O)O)c1cc2ccccc2c(N2CCc3c(ncnc3N3CCNCC3)C2)n1. The first kappa shape index (κ1) is 22.3. The number of carboxylic acid groups (broad SMARTS) is 1. The molecule has 4 heterocycles. The van der Waals surface area contributed by atoms with Crippen molar-refractivity contribution >= 4 is 34.3 Å². The van der Waals surface area contributed by atoms with Gasteiger partial charge in [-0.15, -0.1) is 0 Å². The number of rotatable bonds is 3. The van der Waals surface area contributed by atoms with Crippen LogP contribution >= 0.6 is 0 Å². The van der Waals surface area contributed by atoms with Crippen molar-refractivity contribution in [1.82, 2.24) is 20.3 Å². The molecule has 0 aliphatic carbocycles. The van der Waals surface area contributed by atoms with Gasteiger partial charge >= 0.3 is 6.09 Å². The van der Waals surface area contributed by atoms with E-state index in [0.29, 0.717) is 12.4 Å². The topological polar surface area (TPSA) is 97.7 Å². The monoisotopic (exact) mass is 461 g/mol. The van der Waals surface area contributed by atoms with E-state index < -0.39 is 11.6 Å². The van der Waals surface area contributed by atoms with E-state index in [2.05, 4.69) is 25.1 Å². The quantitative estimate of drug-likeness (QED) is 0.613. The normalized spacial score (nSPS) is 16.4. The number of anilines is 3. The second-order valence-electron chi connectivity index (χ2n) is 9.85. The Balaban J connectivity index is 1.55. The van der Waals surface area contributed by atoms with Crippen LogP contribution in [-0.2, 0) is 13.0 Å². The average molecular weight is 462 g/mol. The summed E-state index contributed by atoms with van der Waals surface area (Å²) in [5, 5.41) is 15.3. The summed E-state index contributed by atoms with van der Waals surface area (Å²) in [4.78, 5) is 32.2. The summed E-state index contributed by atoms with van der Waals surface area (Å²) < 4.78 is 0. The Morgan fingerprint density at radius 2 is 1.82 bits per heavy atom. The number of aromatic nitrogens is 3. The Morgan fingerprint density at radius 3 is 2.56 bits per heavy atom. The fourth-order valence-corrected chi connectivity index (χ4v) is 4.92. The zero-order valence-corrected chi connectivity index (χ0v) is 20.0. The zero-order valence-electron chi connectivity index (χ0n) is 20.0. The Bertz CT molecular complexity index is 1220. The van der Waals surface area contributed by atoms with Crippen LogP contribution in [0.25, 0.3) is 10.8 Å². The van der Waals surface area contributed by atoms with E-state index in [-0.39, 0.29) is 0 Å². The van der Waals surface area contributed by atoms with Crippen molar-refractivity contribution in [3.8, 4) is 0 Å². The summed E-state index contributed by atoms with van der Waals surface area (Å²) in [7, 11) is 0. The lowest BCUT2D eigenvalue weighted by molar-refractivity contribution is 0.195. The van der Waals surface area contributed by atoms with E-state index in [1.807, 2.05) is 51.1 Å². The highest BCUT2D eigenvalue weighted by Crippen LogP contribution is 2.35. The largest absolute Gasteiger partial charge is 0.465 e. The molecule has 34 heavy (non-hydrogen) atoms. The van der Waals surface area contributed by atoms with Crippen LogP contribution in [0.4, 0.5) is 22.2 Å². The van der Waals surface area contributed by atoms with Crippen molar-refractivity contribution < 1.29 is 9.90 Å². The van der Waals surface area contributed by atoms with Crippen LogP contribution in [0.5, 0.6) is 0 Å². The second-order valence-corrected chi connectivity index (χ2v) is 9.85. The molecule has 1 saturated heterocycles. The van der Waals surface area contributed by atoms with Gasteiger partial charge in [-0.05, 0) is 38.6 Å². The minimum absolute atomic E-state index is 0.434. The maximum absolute atomic E-state index is 12.2. The van der Waals surface area contributed by atoms with Crippen molar-refractivity contribution in [1.29, 1.82) is 0 Å². The smallest absolute Gasteiger partial charge is 0.413 e. The lowest BCUT2D eigenvalue weighted by Crippen LogP contribution is -2.46. The molecule has 2 aliphatic heterocycles. The lowest BCUT2D eigenvalue weighted by atomic mass is 10.0. The number of hydrogen-bond donors (Lipinski definition) is 2. The van der Waals surface area contributed by atoms with Gasteiger partial charge in [0.25, 0.3) is 0 Å². The lowest BCUT2D eigenvalue weighted by Gasteiger charge is -2.36. The van der Waals surface area contributed by atoms with Crippen LogP contribution in [0.15, 0.2) is 36.7 Å². The molecule has 0 bridgehead atoms. The predicted molar refractivity (Wildman–Crippen MR) is 134 cm³/mol. The highest BCUT2D eigenvalue weighted by atomic mass is 16.4. The first-order chi connectivity index (χ1) is 16.3. The van der Waals surface area contributed by atoms with Gasteiger partial charge in [0, 0.05) is 49.2 Å². The van der Waals surface area contributed by atoms with Crippen molar-refractivity contribution in [3.63, 3.8) is 0 Å². The van der Waals surface area contributed by atoms with Crippen LogP contribution in [0, 0.1) is 0 Å². The van der Waals surface area contributed by atoms with E-state index in [9.17, 15) is 9.90 Å². The average Bonchev–Trinajstić information content (AvgIpc) is 2.82. The van der Waals surface area contributed by atoms with Gasteiger partial charge in [-0.25, -0.2) is 19.7 Å². The molecule has 9 heteroatoms. The number of nitrogens with one attached hydrogen (secondary N) is 1. The Morgan fingerprint density at radius 1 is 1.06 bits per heavy atom. The number of hydrogen-bond acceptors (Lipinski definition) is 7. The van der Waals surface area contributed by atoms with Gasteiger partial charge in [-0.3, -0.25) is 4.90 Å². The fraction of sp³-hybridized carbons (Fsp3) is 0.440. The van der Waals surface area contributed by atoms with Crippen molar-refractivity contribution in [3.05, 3.63) is 47.9 Å². The van der Waals surface area contributed by atoms with Crippen LogP contribution < -0.4 is 20.0 Å². The van der Waals surface area contributed by atoms with Crippen LogP contribution in [0.1, 0.15) is 32.0 Å². The maximum Gasteiger partial charge on any atom is 0.413 e. The molecule has 0 atom stereocenters. The Labute approximate surface area is 199 Å². The minimum Gasteiger partial charge on any atom is -0.465 e. The second kappa shape index (κ2) is 8.72. The molecule has 0 unspecified atom stereocenters. The van der Waals surface area contributed by atoms with E-state index in [0.717, 1.165) is 67.2 Å². The molecule has 1 fully saturated rings. The number of amides is 1. The summed E-state index contributed by atoms with van der Waals surface area (Å²) in [6, 6.07) is 9.88. The summed E-state index contributed by atoms with van der Waals surface area (Å²) >= 11 is 0. The number of piperazine rings is 1. The zero-order chi connectivity index (χ0) is 23.9. The molecule has 178 valence electrons. The summed E-state index contributed by atoms with van der Waals surface area (Å²) in [6.45, 7) is 10.8. The minimum atomic E-state index is -1.02. The van der Waals surface area contributed by atoms with Crippen LogP contribution in [0.3, 0.4) is 0 Å². The Kier molecular flexibility index (Phi) is 5.73. The number of carbonyl (C=O) groups is 1. The third-order valence-electron chi connectivity index (χ3n) is 6.50. The predicted octanol–water partition coefficient (Wildman–Crippen LogP) is 3.28. The molecule has 3 aromatic rings. The fourth-order valence-electron chi connectivity index (χ4n) is 4.92. The molecule has 0 saturated carbocycles. The van der Waals surface area contributed by atoms with Gasteiger partial charge in [0.1, 0.15) is 23.8 Å². The first-order valence-electron chi connectivity index (χ1n) is 11.8. The number of pyridine rings is 1. The van der Waals surface area contributed by atoms with Gasteiger partial charge in [0.2, 0.25) is 0 Å². The molecular weight excluding hydrogens is 430 g/mol. The number of benzene rings is 1. The van der Waals surface area contributed by atoms with E-state index in [4.69, 9.17) is 4.98 Å². The molecule has 2 aromatic heterocycles. The van der Waals surface area contributed by atoms with Crippen LogP contribution in [0.2, 0.25) is 0 Å². The molecule has 2 aliphatic rings. The van der Waals surface area contributed by atoms with Gasteiger partial charge in [-0.1, -0.05) is 24.3 Å². The third kappa shape index (κ3) is 4.11. The number of fused-ring (bicyclic) bond motifs is 2. The summed E-state index contributed by atoms with van der Waals surface area (Å²) in [5.74, 6) is 2.27. The highest BCUT2D eigenvalue weighted by molar-refractivity contribution is 5.97. The van der Waals surface area contributed by atoms with Gasteiger partial charge in [0.15, 0.2) is 0 Å². The van der Waals surface area contributed by atoms with E-state index in [1.54, 1.807) is 6.33 Å². The molecule has 9 nitrogen and oxygen atoms in total. The molecule has 2 N–H and O–H groups in total. The van der Waals surface area contributed by atoms with Crippen LogP contribution in [-0.4, -0.2) is 64.4 Å². The summed E-state index contributed by atoms with van der Waals surface area (Å²) in [5.41, 5.74) is 1.60.